The molecule has 9 heteroatoms. The van der Waals surface area contributed by atoms with Crippen molar-refractivity contribution in [1.29, 1.82) is 0 Å². The number of fused-ring (bicyclic) bond motifs is 3. The highest BCUT2D eigenvalue weighted by Gasteiger charge is 2.30. The van der Waals surface area contributed by atoms with E-state index in [0.29, 0.717) is 5.56 Å². The van der Waals surface area contributed by atoms with Crippen LogP contribution in [-0.2, 0) is 35.7 Å². The van der Waals surface area contributed by atoms with Crippen LogP contribution in [0.25, 0.3) is 11.1 Å². The minimum Gasteiger partial charge on any atom is -0.480 e. The van der Waals surface area contributed by atoms with Crippen molar-refractivity contribution in [2.75, 3.05) is 19.8 Å². The number of carbonyl (C=O) groups excluding carboxylic acids is 1. The van der Waals surface area contributed by atoms with Crippen LogP contribution < -0.4 is 5.32 Å². The number of aliphatic carboxylic acids is 1. The molecule has 0 aromatic heterocycles. The van der Waals surface area contributed by atoms with E-state index in [-0.39, 0.29) is 38.3 Å². The Kier molecular flexibility index (Phi) is 9.00. The quantitative estimate of drug-likeness (QED) is 0.273. The van der Waals surface area contributed by atoms with Crippen molar-refractivity contribution < 1.29 is 33.0 Å². The molecule has 0 aliphatic heterocycles. The van der Waals surface area contributed by atoms with E-state index in [2.05, 4.69) is 5.32 Å². The smallest absolute Gasteiger partial charge is 0.407 e. The van der Waals surface area contributed by atoms with Crippen LogP contribution in [0.2, 0.25) is 0 Å². The van der Waals surface area contributed by atoms with Crippen LogP contribution in [0.3, 0.4) is 0 Å². The van der Waals surface area contributed by atoms with E-state index in [9.17, 15) is 19.3 Å². The Bertz CT molecular complexity index is 1270. The minimum absolute atomic E-state index is 0.0639. The van der Waals surface area contributed by atoms with Crippen LogP contribution in [0.5, 0.6) is 0 Å². The van der Waals surface area contributed by atoms with Gasteiger partial charge in [0.25, 0.3) is 0 Å². The fourth-order valence-corrected chi connectivity index (χ4v) is 6.45. The van der Waals surface area contributed by atoms with E-state index < -0.39 is 25.7 Å². The van der Waals surface area contributed by atoms with Crippen molar-refractivity contribution in [3.05, 3.63) is 95.1 Å². The lowest BCUT2D eigenvalue weighted by Crippen LogP contribution is -2.42. The lowest BCUT2D eigenvalue weighted by atomic mass is 9.98. The molecule has 1 aliphatic carbocycles. The molecule has 4 rings (SSSR count). The maximum atomic E-state index is 12.8. The molecule has 8 nitrogen and oxygen atoms in total. The lowest BCUT2D eigenvalue weighted by molar-refractivity contribution is -0.139. The topological polar surface area (TPSA) is 111 Å². The summed E-state index contributed by atoms with van der Waals surface area (Å²) in [4.78, 5) is 24.5. The second-order valence-electron chi connectivity index (χ2n) is 8.99. The van der Waals surface area contributed by atoms with Gasteiger partial charge in [-0.05, 0) is 47.2 Å². The predicted octanol–water partition coefficient (Wildman–Crippen LogP) is 5.99. The van der Waals surface area contributed by atoms with Gasteiger partial charge in [0.2, 0.25) is 0 Å². The van der Waals surface area contributed by atoms with Gasteiger partial charge in [0, 0.05) is 12.3 Å². The van der Waals surface area contributed by atoms with Crippen molar-refractivity contribution in [2.45, 2.75) is 38.4 Å². The van der Waals surface area contributed by atoms with Gasteiger partial charge in [-0.2, -0.15) is 0 Å². The highest BCUT2D eigenvalue weighted by atomic mass is 31.2. The van der Waals surface area contributed by atoms with Crippen LogP contribution in [0.1, 0.15) is 42.0 Å². The van der Waals surface area contributed by atoms with E-state index in [0.717, 1.165) is 27.8 Å². The molecule has 3 aromatic rings. The van der Waals surface area contributed by atoms with Gasteiger partial charge in [-0.25, -0.2) is 9.59 Å². The standard InChI is InChI=1S/C29H32NO7P/c1-3-36-38(34,37-4-2)19-21-15-13-20(14-16-21)17-27(28(31)32)30-29(33)35-18-26-24-11-7-5-9-22(24)23-10-6-8-12-25(23)26/h5-16,26-27H,3-4,17-19H2,1-2H3,(H,30,33)(H,31,32). The third kappa shape index (κ3) is 6.51. The summed E-state index contributed by atoms with van der Waals surface area (Å²) >= 11 is 0. The molecule has 1 unspecified atom stereocenters. The third-order valence-corrected chi connectivity index (χ3v) is 8.48. The van der Waals surface area contributed by atoms with Crippen LogP contribution in [0.15, 0.2) is 72.8 Å². The van der Waals surface area contributed by atoms with Gasteiger partial charge in [0.1, 0.15) is 12.6 Å². The Morgan fingerprint density at radius 2 is 1.39 bits per heavy atom. The first kappa shape index (κ1) is 27.6. The Balaban J connectivity index is 1.36. The number of carboxylic acids is 1. The highest BCUT2D eigenvalue weighted by molar-refractivity contribution is 7.53. The molecule has 0 saturated heterocycles. The fraction of sp³-hybridized carbons (Fsp3) is 0.310. The van der Waals surface area contributed by atoms with Gasteiger partial charge < -0.3 is 24.2 Å². The second kappa shape index (κ2) is 12.4. The number of ether oxygens (including phenoxy) is 1. The number of carboxylic acid groups (broad SMARTS) is 1. The molecule has 0 heterocycles. The SMILES string of the molecule is CCOP(=O)(Cc1ccc(CC(NC(=O)OCC2c3ccccc3-c3ccccc32)C(=O)O)cc1)OCC. The number of carbonyl (C=O) groups is 2. The number of amides is 1. The summed E-state index contributed by atoms with van der Waals surface area (Å²) in [5.74, 6) is -1.28. The van der Waals surface area contributed by atoms with Crippen molar-refractivity contribution >= 4 is 19.7 Å². The molecular weight excluding hydrogens is 505 g/mol. The van der Waals surface area contributed by atoms with Crippen molar-refractivity contribution in [1.82, 2.24) is 5.32 Å². The number of benzene rings is 3. The zero-order valence-electron chi connectivity index (χ0n) is 21.5. The van der Waals surface area contributed by atoms with Crippen molar-refractivity contribution in [3.63, 3.8) is 0 Å². The summed E-state index contributed by atoms with van der Waals surface area (Å²) in [5.41, 5.74) is 5.83. The highest BCUT2D eigenvalue weighted by Crippen LogP contribution is 2.51. The molecule has 1 amide bonds. The number of hydrogen-bond acceptors (Lipinski definition) is 6. The second-order valence-corrected chi connectivity index (χ2v) is 11.0. The summed E-state index contributed by atoms with van der Waals surface area (Å²) in [6, 6.07) is 21.8. The molecule has 3 aromatic carbocycles. The summed E-state index contributed by atoms with van der Waals surface area (Å²) in [6.45, 7) is 4.16. The maximum Gasteiger partial charge on any atom is 0.407 e. The zero-order chi connectivity index (χ0) is 27.1. The maximum absolute atomic E-state index is 12.8. The van der Waals surface area contributed by atoms with E-state index >= 15 is 0 Å². The number of nitrogens with one attached hydrogen (secondary N) is 1. The van der Waals surface area contributed by atoms with Crippen LogP contribution >= 0.6 is 7.60 Å². The molecule has 0 saturated carbocycles. The van der Waals surface area contributed by atoms with E-state index in [1.165, 1.54) is 0 Å². The monoisotopic (exact) mass is 537 g/mol. The molecular formula is C29H32NO7P. The van der Waals surface area contributed by atoms with E-state index in [1.54, 1.807) is 38.1 Å². The first-order chi connectivity index (χ1) is 18.3. The average molecular weight is 538 g/mol. The largest absolute Gasteiger partial charge is 0.480 e. The normalized spacial score (nSPS) is 13.4. The molecule has 0 spiro atoms. The summed E-state index contributed by atoms with van der Waals surface area (Å²) in [5, 5.41) is 12.2. The van der Waals surface area contributed by atoms with Gasteiger partial charge in [0.15, 0.2) is 0 Å². The Labute approximate surface area is 222 Å². The lowest BCUT2D eigenvalue weighted by Gasteiger charge is -2.18. The van der Waals surface area contributed by atoms with Crippen LogP contribution in [-0.4, -0.2) is 43.0 Å². The fourth-order valence-electron chi connectivity index (χ4n) is 4.74. The van der Waals surface area contributed by atoms with Gasteiger partial charge >= 0.3 is 19.7 Å². The molecule has 38 heavy (non-hydrogen) atoms. The van der Waals surface area contributed by atoms with Gasteiger partial charge in [-0.3, -0.25) is 4.57 Å². The molecule has 0 fully saturated rings. The molecule has 2 N–H and O–H groups in total. The zero-order valence-corrected chi connectivity index (χ0v) is 22.4. The molecule has 0 radical (unpaired) electrons. The van der Waals surface area contributed by atoms with Gasteiger partial charge in [-0.1, -0.05) is 72.8 Å². The number of hydrogen-bond donors (Lipinski definition) is 2. The Hall–Kier alpha value is -3.45. The van der Waals surface area contributed by atoms with E-state index in [4.69, 9.17) is 13.8 Å². The van der Waals surface area contributed by atoms with Crippen LogP contribution in [0.4, 0.5) is 4.79 Å². The van der Waals surface area contributed by atoms with Gasteiger partial charge in [0.05, 0.1) is 19.4 Å². The average Bonchev–Trinajstić information content (AvgIpc) is 3.22. The number of alkyl carbamates (subject to hydrolysis) is 1. The third-order valence-electron chi connectivity index (χ3n) is 6.42. The molecule has 1 atom stereocenters. The summed E-state index contributed by atoms with van der Waals surface area (Å²) in [6.07, 6.45) is -0.603. The number of rotatable bonds is 12. The molecule has 1 aliphatic rings. The first-order valence-corrected chi connectivity index (χ1v) is 14.4. The Morgan fingerprint density at radius 3 is 1.92 bits per heavy atom. The van der Waals surface area contributed by atoms with Crippen LogP contribution in [0, 0.1) is 0 Å². The molecule has 0 bridgehead atoms. The summed E-state index contributed by atoms with van der Waals surface area (Å²) < 4.78 is 28.9. The van der Waals surface area contributed by atoms with Crippen molar-refractivity contribution in [2.24, 2.45) is 0 Å². The van der Waals surface area contributed by atoms with E-state index in [1.807, 2.05) is 48.5 Å². The Morgan fingerprint density at radius 1 is 0.868 bits per heavy atom. The summed E-state index contributed by atoms with van der Waals surface area (Å²) in [7, 11) is -3.24. The predicted molar refractivity (Wildman–Crippen MR) is 144 cm³/mol. The van der Waals surface area contributed by atoms with Gasteiger partial charge in [-0.15, -0.1) is 0 Å². The van der Waals surface area contributed by atoms with Crippen molar-refractivity contribution in [3.8, 4) is 11.1 Å². The minimum atomic E-state index is -3.24. The first-order valence-electron chi connectivity index (χ1n) is 12.6. The molecule has 200 valence electrons.